The minimum absolute atomic E-state index is 0.345. The fraction of sp³-hybridized carbons (Fsp3) is 0.318. The van der Waals surface area contributed by atoms with Gasteiger partial charge in [0.05, 0.1) is 31.7 Å². The summed E-state index contributed by atoms with van der Waals surface area (Å²) in [7, 11) is 2.82. The minimum atomic E-state index is -1.35. The van der Waals surface area contributed by atoms with Gasteiger partial charge in [0.25, 0.3) is 0 Å². The molecular formula is C22H22N2O5. The molecule has 0 aromatic heterocycles. The van der Waals surface area contributed by atoms with Crippen molar-refractivity contribution in [1.82, 2.24) is 5.32 Å². The summed E-state index contributed by atoms with van der Waals surface area (Å²) in [5, 5.41) is 3.22. The highest BCUT2D eigenvalue weighted by Gasteiger charge is 2.67. The van der Waals surface area contributed by atoms with E-state index in [1.165, 1.54) is 12.0 Å². The molecule has 2 amide bonds. The molecule has 0 saturated carbocycles. The van der Waals surface area contributed by atoms with Crippen molar-refractivity contribution in [2.24, 2.45) is 11.8 Å². The molecule has 29 heavy (non-hydrogen) atoms. The number of benzene rings is 2. The lowest BCUT2D eigenvalue weighted by molar-refractivity contribution is -0.151. The Morgan fingerprint density at radius 2 is 1.66 bits per heavy atom. The van der Waals surface area contributed by atoms with Gasteiger partial charge in [0.1, 0.15) is 11.3 Å². The van der Waals surface area contributed by atoms with Gasteiger partial charge in [-0.25, -0.2) is 4.90 Å². The lowest BCUT2D eigenvalue weighted by atomic mass is 9.80. The Kier molecular flexibility index (Phi) is 4.62. The number of anilines is 1. The van der Waals surface area contributed by atoms with Crippen molar-refractivity contribution in [3.8, 4) is 5.75 Å². The Hall–Kier alpha value is -3.19. The van der Waals surface area contributed by atoms with E-state index in [4.69, 9.17) is 9.47 Å². The molecule has 2 aliphatic rings. The second-order valence-electron chi connectivity index (χ2n) is 7.41. The van der Waals surface area contributed by atoms with Gasteiger partial charge in [0, 0.05) is 11.6 Å². The quantitative estimate of drug-likeness (QED) is 0.631. The molecule has 0 bridgehead atoms. The normalized spacial score (nSPS) is 28.4. The number of carbonyl (C=O) groups is 3. The molecular weight excluding hydrogens is 372 g/mol. The maximum Gasteiger partial charge on any atom is 0.326 e. The van der Waals surface area contributed by atoms with Crippen LogP contribution in [0, 0.1) is 11.8 Å². The number of fused-ring (bicyclic) bond motifs is 1. The zero-order valence-corrected chi connectivity index (χ0v) is 16.4. The first-order valence-electron chi connectivity index (χ1n) is 9.36. The number of imide groups is 1. The number of carbonyl (C=O) groups excluding carboxylic acids is 3. The molecule has 150 valence electrons. The van der Waals surface area contributed by atoms with Crippen molar-refractivity contribution in [2.75, 3.05) is 19.1 Å². The topological polar surface area (TPSA) is 84.9 Å². The third-order valence-corrected chi connectivity index (χ3v) is 5.89. The highest BCUT2D eigenvalue weighted by Crippen LogP contribution is 2.51. The van der Waals surface area contributed by atoms with Crippen molar-refractivity contribution in [3.05, 3.63) is 60.2 Å². The molecule has 2 heterocycles. The van der Waals surface area contributed by atoms with Crippen molar-refractivity contribution >= 4 is 23.5 Å². The van der Waals surface area contributed by atoms with Gasteiger partial charge in [-0.05, 0) is 25.1 Å². The SMILES string of the molecule is COC(=O)[C@@]1(C)N[C@@H](c2ccccc2OC)[C@H]2C(=O)N(c3ccccc3)C(=O)[C@@H]21. The summed E-state index contributed by atoms with van der Waals surface area (Å²) >= 11 is 0. The smallest absolute Gasteiger partial charge is 0.326 e. The van der Waals surface area contributed by atoms with Crippen LogP contribution in [0.5, 0.6) is 5.75 Å². The molecule has 1 N–H and O–H groups in total. The first-order chi connectivity index (χ1) is 13.9. The number of hydrogen-bond donors (Lipinski definition) is 1. The molecule has 2 fully saturated rings. The van der Waals surface area contributed by atoms with Crippen LogP contribution in [-0.4, -0.2) is 37.5 Å². The molecule has 2 aromatic rings. The zero-order chi connectivity index (χ0) is 20.8. The predicted molar refractivity (Wildman–Crippen MR) is 105 cm³/mol. The van der Waals surface area contributed by atoms with Gasteiger partial charge in [-0.3, -0.25) is 19.7 Å². The molecule has 0 spiro atoms. The Labute approximate surface area is 168 Å². The summed E-state index contributed by atoms with van der Waals surface area (Å²) in [6, 6.07) is 15.5. The summed E-state index contributed by atoms with van der Waals surface area (Å²) in [6.07, 6.45) is 0. The van der Waals surface area contributed by atoms with Crippen LogP contribution in [0.3, 0.4) is 0 Å². The molecule has 4 atom stereocenters. The summed E-state index contributed by atoms with van der Waals surface area (Å²) in [5.74, 6) is -2.41. The van der Waals surface area contributed by atoms with Gasteiger partial charge in [0.2, 0.25) is 11.8 Å². The van der Waals surface area contributed by atoms with Crippen LogP contribution in [0.25, 0.3) is 0 Å². The molecule has 2 saturated heterocycles. The highest BCUT2D eigenvalue weighted by atomic mass is 16.5. The zero-order valence-electron chi connectivity index (χ0n) is 16.4. The number of hydrogen-bond acceptors (Lipinski definition) is 6. The molecule has 7 nitrogen and oxygen atoms in total. The second kappa shape index (κ2) is 7.00. The number of para-hydroxylation sites is 2. The third kappa shape index (κ3) is 2.73. The minimum Gasteiger partial charge on any atom is -0.496 e. The molecule has 0 unspecified atom stereocenters. The van der Waals surface area contributed by atoms with E-state index < -0.39 is 35.3 Å². The number of amides is 2. The number of rotatable bonds is 4. The maximum absolute atomic E-state index is 13.5. The van der Waals surface area contributed by atoms with Gasteiger partial charge in [-0.15, -0.1) is 0 Å². The molecule has 0 radical (unpaired) electrons. The molecule has 0 aliphatic carbocycles. The van der Waals surface area contributed by atoms with Gasteiger partial charge < -0.3 is 9.47 Å². The highest BCUT2D eigenvalue weighted by molar-refractivity contribution is 6.24. The van der Waals surface area contributed by atoms with E-state index in [0.717, 1.165) is 0 Å². The first-order valence-corrected chi connectivity index (χ1v) is 9.36. The van der Waals surface area contributed by atoms with E-state index in [1.54, 1.807) is 44.4 Å². The third-order valence-electron chi connectivity index (χ3n) is 5.89. The van der Waals surface area contributed by atoms with Gasteiger partial charge in [-0.1, -0.05) is 36.4 Å². The van der Waals surface area contributed by atoms with E-state index >= 15 is 0 Å². The first kappa shape index (κ1) is 19.1. The predicted octanol–water partition coefficient (Wildman–Crippen LogP) is 2.08. The summed E-state index contributed by atoms with van der Waals surface area (Å²) in [4.78, 5) is 40.7. The van der Waals surface area contributed by atoms with Crippen molar-refractivity contribution in [1.29, 1.82) is 0 Å². The lowest BCUT2D eigenvalue weighted by Crippen LogP contribution is -2.54. The van der Waals surface area contributed by atoms with Gasteiger partial charge in [-0.2, -0.15) is 0 Å². The van der Waals surface area contributed by atoms with Crippen molar-refractivity contribution < 1.29 is 23.9 Å². The fourth-order valence-corrected chi connectivity index (χ4v) is 4.56. The maximum atomic E-state index is 13.5. The van der Waals surface area contributed by atoms with Crippen LogP contribution in [0.1, 0.15) is 18.5 Å². The monoisotopic (exact) mass is 394 g/mol. The number of esters is 1. The van der Waals surface area contributed by atoms with E-state index in [2.05, 4.69) is 5.32 Å². The van der Waals surface area contributed by atoms with E-state index in [1.807, 2.05) is 24.3 Å². The average Bonchev–Trinajstić information content (AvgIpc) is 3.21. The second-order valence-corrected chi connectivity index (χ2v) is 7.41. The van der Waals surface area contributed by atoms with Gasteiger partial charge >= 0.3 is 5.97 Å². The van der Waals surface area contributed by atoms with Gasteiger partial charge in [0.15, 0.2) is 0 Å². The summed E-state index contributed by atoms with van der Waals surface area (Å²) in [5.41, 5.74) is -0.141. The lowest BCUT2D eigenvalue weighted by Gasteiger charge is -2.29. The van der Waals surface area contributed by atoms with Crippen LogP contribution in [0.2, 0.25) is 0 Å². The van der Waals surface area contributed by atoms with Crippen molar-refractivity contribution in [3.63, 3.8) is 0 Å². The number of ether oxygens (including phenoxy) is 2. The molecule has 2 aromatic carbocycles. The molecule has 2 aliphatic heterocycles. The van der Waals surface area contributed by atoms with E-state index in [9.17, 15) is 14.4 Å². The number of methoxy groups -OCH3 is 2. The molecule has 4 rings (SSSR count). The fourth-order valence-electron chi connectivity index (χ4n) is 4.56. The number of nitrogens with zero attached hydrogens (tertiary/aromatic N) is 1. The van der Waals surface area contributed by atoms with Crippen LogP contribution >= 0.6 is 0 Å². The molecule has 7 heteroatoms. The Bertz CT molecular complexity index is 976. The standard InChI is InChI=1S/C22H22N2O5/c1-22(21(27)29-3)17-16(18(23-22)14-11-7-8-12-15(14)28-2)19(25)24(20(17)26)13-9-5-4-6-10-13/h4-12,16-18,23H,1-3H3/t16-,17+,18-,22-/m0/s1. The van der Waals surface area contributed by atoms with Crippen LogP contribution in [0.15, 0.2) is 54.6 Å². The van der Waals surface area contributed by atoms with E-state index in [-0.39, 0.29) is 5.91 Å². The summed E-state index contributed by atoms with van der Waals surface area (Å²) < 4.78 is 10.5. The average molecular weight is 394 g/mol. The number of nitrogens with one attached hydrogen (secondary N) is 1. The Balaban J connectivity index is 1.86. The summed E-state index contributed by atoms with van der Waals surface area (Å²) in [6.45, 7) is 1.62. The van der Waals surface area contributed by atoms with E-state index in [0.29, 0.717) is 17.0 Å². The van der Waals surface area contributed by atoms with Crippen LogP contribution in [-0.2, 0) is 19.1 Å². The Morgan fingerprint density at radius 3 is 2.31 bits per heavy atom. The van der Waals surface area contributed by atoms with Crippen molar-refractivity contribution in [2.45, 2.75) is 18.5 Å². The van der Waals surface area contributed by atoms with Crippen LogP contribution < -0.4 is 15.0 Å². The van der Waals surface area contributed by atoms with Crippen LogP contribution in [0.4, 0.5) is 5.69 Å². The largest absolute Gasteiger partial charge is 0.496 e. The Morgan fingerprint density at radius 1 is 1.00 bits per heavy atom.